The Morgan fingerprint density at radius 3 is 3.06 bits per heavy atom. The Labute approximate surface area is 98.6 Å². The van der Waals surface area contributed by atoms with E-state index in [2.05, 4.69) is 5.32 Å². The van der Waals surface area contributed by atoms with Gasteiger partial charge in [0.15, 0.2) is 0 Å². The van der Waals surface area contributed by atoms with Crippen LogP contribution in [0.2, 0.25) is 0 Å². The number of likely N-dealkylation sites (N-methyl/N-ethyl adjacent to an activating group) is 1. The molecule has 2 amide bonds. The van der Waals surface area contributed by atoms with E-state index in [9.17, 15) is 9.59 Å². The number of nitrogens with one attached hydrogen (secondary N) is 1. The maximum absolute atomic E-state index is 11.5. The van der Waals surface area contributed by atoms with Crippen LogP contribution in [0.4, 0.5) is 11.4 Å². The SMILES string of the molecule is CN1C(=O)Cc2cc(NC(=O)CC#N)ccc21. The molecule has 1 N–H and O–H groups in total. The summed E-state index contributed by atoms with van der Waals surface area (Å²) in [5, 5.41) is 11.0. The number of anilines is 2. The van der Waals surface area contributed by atoms with Gasteiger partial charge in [0.05, 0.1) is 12.5 Å². The van der Waals surface area contributed by atoms with Crippen molar-refractivity contribution < 1.29 is 9.59 Å². The summed E-state index contributed by atoms with van der Waals surface area (Å²) >= 11 is 0. The molecule has 0 radical (unpaired) electrons. The molecule has 86 valence electrons. The first-order valence-corrected chi connectivity index (χ1v) is 5.18. The molecule has 5 nitrogen and oxygen atoms in total. The van der Waals surface area contributed by atoms with Crippen LogP contribution in [0, 0.1) is 11.3 Å². The molecule has 1 aromatic carbocycles. The fraction of sp³-hybridized carbons (Fsp3) is 0.250. The van der Waals surface area contributed by atoms with Crippen LogP contribution < -0.4 is 10.2 Å². The molecule has 1 heterocycles. The van der Waals surface area contributed by atoms with E-state index in [0.717, 1.165) is 11.3 Å². The van der Waals surface area contributed by atoms with Crippen molar-refractivity contribution >= 4 is 23.2 Å². The number of benzene rings is 1. The second-order valence-electron chi connectivity index (χ2n) is 3.86. The van der Waals surface area contributed by atoms with E-state index in [1.165, 1.54) is 0 Å². The Balaban J connectivity index is 2.19. The normalized spacial score (nSPS) is 13.2. The summed E-state index contributed by atoms with van der Waals surface area (Å²) in [4.78, 5) is 24.3. The minimum atomic E-state index is -0.342. The van der Waals surface area contributed by atoms with E-state index >= 15 is 0 Å². The van der Waals surface area contributed by atoms with Gasteiger partial charge < -0.3 is 10.2 Å². The van der Waals surface area contributed by atoms with Crippen molar-refractivity contribution in [3.05, 3.63) is 23.8 Å². The minimum absolute atomic E-state index is 0.0421. The molecule has 0 bridgehead atoms. The summed E-state index contributed by atoms with van der Waals surface area (Å²) in [7, 11) is 1.72. The molecule has 1 aliphatic heterocycles. The highest BCUT2D eigenvalue weighted by atomic mass is 16.2. The van der Waals surface area contributed by atoms with Gasteiger partial charge in [0.1, 0.15) is 6.42 Å². The van der Waals surface area contributed by atoms with Crippen LogP contribution >= 0.6 is 0 Å². The first-order chi connectivity index (χ1) is 8.11. The second kappa shape index (κ2) is 4.26. The zero-order valence-electron chi connectivity index (χ0n) is 9.36. The molecule has 0 unspecified atom stereocenters. The van der Waals surface area contributed by atoms with Crippen LogP contribution in [-0.4, -0.2) is 18.9 Å². The predicted molar refractivity (Wildman–Crippen MR) is 62.4 cm³/mol. The Morgan fingerprint density at radius 1 is 1.59 bits per heavy atom. The zero-order chi connectivity index (χ0) is 12.4. The summed E-state index contributed by atoms with van der Waals surface area (Å²) in [5.41, 5.74) is 2.38. The molecule has 0 aliphatic carbocycles. The molecule has 0 aromatic heterocycles. The van der Waals surface area contributed by atoms with E-state index in [1.807, 2.05) is 0 Å². The number of carbonyl (C=O) groups is 2. The minimum Gasteiger partial charge on any atom is -0.325 e. The Hall–Kier alpha value is -2.35. The molecule has 5 heteroatoms. The highest BCUT2D eigenvalue weighted by Crippen LogP contribution is 2.29. The van der Waals surface area contributed by atoms with E-state index in [4.69, 9.17) is 5.26 Å². The van der Waals surface area contributed by atoms with E-state index in [-0.39, 0.29) is 18.2 Å². The summed E-state index contributed by atoms with van der Waals surface area (Å²) in [6, 6.07) is 7.07. The van der Waals surface area contributed by atoms with Crippen LogP contribution in [0.1, 0.15) is 12.0 Å². The molecule has 0 spiro atoms. The molecular weight excluding hydrogens is 218 g/mol. The van der Waals surface area contributed by atoms with Gasteiger partial charge >= 0.3 is 0 Å². The van der Waals surface area contributed by atoms with Crippen molar-refractivity contribution in [1.29, 1.82) is 5.26 Å². The van der Waals surface area contributed by atoms with Gasteiger partial charge in [-0.1, -0.05) is 0 Å². The van der Waals surface area contributed by atoms with Gasteiger partial charge in [-0.2, -0.15) is 5.26 Å². The molecule has 17 heavy (non-hydrogen) atoms. The van der Waals surface area contributed by atoms with E-state index in [0.29, 0.717) is 12.1 Å². The molecule has 1 aromatic rings. The van der Waals surface area contributed by atoms with Gasteiger partial charge in [-0.3, -0.25) is 9.59 Å². The predicted octanol–water partition coefficient (Wildman–Crippen LogP) is 1.06. The van der Waals surface area contributed by atoms with Crippen LogP contribution in [0.15, 0.2) is 18.2 Å². The lowest BCUT2D eigenvalue weighted by Crippen LogP contribution is -2.20. The maximum Gasteiger partial charge on any atom is 0.238 e. The van der Waals surface area contributed by atoms with Gasteiger partial charge in [0.2, 0.25) is 11.8 Å². The molecule has 1 aliphatic rings. The zero-order valence-corrected chi connectivity index (χ0v) is 9.36. The standard InChI is InChI=1S/C12H11N3O2/c1-15-10-3-2-9(14-11(16)4-5-13)6-8(10)7-12(15)17/h2-3,6H,4,7H2,1H3,(H,14,16). The second-order valence-corrected chi connectivity index (χ2v) is 3.86. The molecular formula is C12H11N3O2. The number of rotatable bonds is 2. The Bertz CT molecular complexity index is 531. The van der Waals surface area contributed by atoms with Gasteiger partial charge in [-0.25, -0.2) is 0 Å². The van der Waals surface area contributed by atoms with Crippen molar-refractivity contribution in [3.8, 4) is 6.07 Å². The number of nitriles is 1. The largest absolute Gasteiger partial charge is 0.325 e. The van der Waals surface area contributed by atoms with Crippen molar-refractivity contribution in [2.45, 2.75) is 12.8 Å². The lowest BCUT2D eigenvalue weighted by Gasteiger charge is -2.10. The maximum atomic E-state index is 11.5. The smallest absolute Gasteiger partial charge is 0.238 e. The number of hydrogen-bond acceptors (Lipinski definition) is 3. The first kappa shape index (κ1) is 11.1. The van der Waals surface area contributed by atoms with Crippen LogP contribution in [0.25, 0.3) is 0 Å². The van der Waals surface area contributed by atoms with Gasteiger partial charge in [-0.15, -0.1) is 0 Å². The fourth-order valence-corrected chi connectivity index (χ4v) is 1.82. The van der Waals surface area contributed by atoms with Gasteiger partial charge in [0, 0.05) is 18.4 Å². The Kier molecular flexibility index (Phi) is 2.79. The topological polar surface area (TPSA) is 73.2 Å². The molecule has 2 rings (SSSR count). The molecule has 0 saturated heterocycles. The van der Waals surface area contributed by atoms with Crippen LogP contribution in [0.3, 0.4) is 0 Å². The number of amides is 2. The third-order valence-electron chi connectivity index (χ3n) is 2.68. The van der Waals surface area contributed by atoms with E-state index < -0.39 is 0 Å². The summed E-state index contributed by atoms with van der Waals surface area (Å²) in [6.45, 7) is 0. The summed E-state index contributed by atoms with van der Waals surface area (Å²) in [6.07, 6.45) is 0.184. The fourth-order valence-electron chi connectivity index (χ4n) is 1.82. The molecule has 0 atom stereocenters. The summed E-state index contributed by atoms with van der Waals surface area (Å²) in [5.74, 6) is -0.300. The average Bonchev–Trinajstić information content (AvgIpc) is 2.55. The number of fused-ring (bicyclic) bond motifs is 1. The monoisotopic (exact) mass is 229 g/mol. The van der Waals surface area contributed by atoms with Crippen molar-refractivity contribution in [3.63, 3.8) is 0 Å². The summed E-state index contributed by atoms with van der Waals surface area (Å²) < 4.78 is 0. The number of nitrogens with zero attached hydrogens (tertiary/aromatic N) is 2. The van der Waals surface area contributed by atoms with E-state index in [1.54, 1.807) is 36.2 Å². The van der Waals surface area contributed by atoms with Crippen molar-refractivity contribution in [2.24, 2.45) is 0 Å². The molecule has 0 saturated carbocycles. The quantitative estimate of drug-likeness (QED) is 0.824. The van der Waals surface area contributed by atoms with Crippen LogP contribution in [-0.2, 0) is 16.0 Å². The lowest BCUT2D eigenvalue weighted by atomic mass is 10.1. The van der Waals surface area contributed by atoms with Crippen LogP contribution in [0.5, 0.6) is 0 Å². The van der Waals surface area contributed by atoms with Crippen molar-refractivity contribution in [2.75, 3.05) is 17.3 Å². The first-order valence-electron chi connectivity index (χ1n) is 5.18. The molecule has 0 fully saturated rings. The van der Waals surface area contributed by atoms with Gasteiger partial charge in [-0.05, 0) is 23.8 Å². The van der Waals surface area contributed by atoms with Gasteiger partial charge in [0.25, 0.3) is 0 Å². The highest BCUT2D eigenvalue weighted by Gasteiger charge is 2.23. The van der Waals surface area contributed by atoms with Crippen molar-refractivity contribution in [1.82, 2.24) is 0 Å². The lowest BCUT2D eigenvalue weighted by molar-refractivity contribution is -0.117. The number of hydrogen-bond donors (Lipinski definition) is 1. The highest BCUT2D eigenvalue weighted by molar-refractivity contribution is 6.02. The average molecular weight is 229 g/mol. The third kappa shape index (κ3) is 2.11. The number of carbonyl (C=O) groups excluding carboxylic acids is 2. The third-order valence-corrected chi connectivity index (χ3v) is 2.68. The Morgan fingerprint density at radius 2 is 2.35 bits per heavy atom.